The standard InChI is InChI=1S/C13H17N3OS/c1-3-16(8-11-4-6-14-7-5-11)13-15-12(9-18-13)10(2)17/h4-7,9-10,17H,3,8H2,1-2H3. The molecule has 2 aromatic heterocycles. The zero-order valence-corrected chi connectivity index (χ0v) is 11.4. The number of aliphatic hydroxyl groups excluding tert-OH is 1. The summed E-state index contributed by atoms with van der Waals surface area (Å²) in [5, 5.41) is 12.4. The number of nitrogens with zero attached hydrogens (tertiary/aromatic N) is 3. The van der Waals surface area contributed by atoms with E-state index in [1.165, 1.54) is 5.56 Å². The molecular formula is C13H17N3OS. The minimum Gasteiger partial charge on any atom is -0.387 e. The number of hydrogen-bond donors (Lipinski definition) is 1. The van der Waals surface area contributed by atoms with Gasteiger partial charge in [0.15, 0.2) is 5.13 Å². The number of rotatable bonds is 5. The van der Waals surface area contributed by atoms with Crippen molar-refractivity contribution in [2.75, 3.05) is 11.4 Å². The van der Waals surface area contributed by atoms with Crippen LogP contribution < -0.4 is 4.90 Å². The molecule has 0 spiro atoms. The molecule has 2 heterocycles. The number of anilines is 1. The van der Waals surface area contributed by atoms with Gasteiger partial charge < -0.3 is 10.0 Å². The van der Waals surface area contributed by atoms with Gasteiger partial charge in [-0.25, -0.2) is 4.98 Å². The first kappa shape index (κ1) is 13.0. The van der Waals surface area contributed by atoms with Gasteiger partial charge >= 0.3 is 0 Å². The third-order valence-electron chi connectivity index (χ3n) is 2.71. The topological polar surface area (TPSA) is 49.2 Å². The fourth-order valence-corrected chi connectivity index (χ4v) is 2.61. The van der Waals surface area contributed by atoms with Crippen LogP contribution in [0, 0.1) is 0 Å². The van der Waals surface area contributed by atoms with Gasteiger partial charge in [-0.15, -0.1) is 11.3 Å². The van der Waals surface area contributed by atoms with Crippen molar-refractivity contribution in [1.29, 1.82) is 0 Å². The molecule has 2 rings (SSSR count). The summed E-state index contributed by atoms with van der Waals surface area (Å²) in [4.78, 5) is 10.7. The average molecular weight is 263 g/mol. The summed E-state index contributed by atoms with van der Waals surface area (Å²) >= 11 is 1.57. The third-order valence-corrected chi connectivity index (χ3v) is 3.63. The lowest BCUT2D eigenvalue weighted by atomic mass is 10.2. The van der Waals surface area contributed by atoms with Gasteiger partial charge in [0, 0.05) is 30.9 Å². The van der Waals surface area contributed by atoms with E-state index in [0.717, 1.165) is 23.9 Å². The van der Waals surface area contributed by atoms with Crippen molar-refractivity contribution in [3.8, 4) is 0 Å². The summed E-state index contributed by atoms with van der Waals surface area (Å²) in [6.07, 6.45) is 3.09. The number of pyridine rings is 1. The van der Waals surface area contributed by atoms with Gasteiger partial charge in [0.1, 0.15) is 0 Å². The molecule has 0 saturated carbocycles. The largest absolute Gasteiger partial charge is 0.387 e. The first-order chi connectivity index (χ1) is 8.70. The Bertz CT molecular complexity index is 484. The van der Waals surface area contributed by atoms with Crippen molar-refractivity contribution in [3.05, 3.63) is 41.2 Å². The molecule has 0 aromatic carbocycles. The Morgan fingerprint density at radius 2 is 2.11 bits per heavy atom. The van der Waals surface area contributed by atoms with Gasteiger partial charge in [0.2, 0.25) is 0 Å². The van der Waals surface area contributed by atoms with E-state index in [1.807, 2.05) is 17.5 Å². The lowest BCUT2D eigenvalue weighted by Gasteiger charge is -2.19. The highest BCUT2D eigenvalue weighted by Crippen LogP contribution is 2.25. The SMILES string of the molecule is CCN(Cc1ccncc1)c1nc(C(C)O)cs1. The maximum atomic E-state index is 9.50. The molecule has 0 saturated heterocycles. The van der Waals surface area contributed by atoms with Gasteiger partial charge in [-0.05, 0) is 31.5 Å². The Kier molecular flexibility index (Phi) is 4.28. The Morgan fingerprint density at radius 1 is 1.39 bits per heavy atom. The zero-order valence-electron chi connectivity index (χ0n) is 10.6. The molecule has 0 radical (unpaired) electrons. The van der Waals surface area contributed by atoms with E-state index >= 15 is 0 Å². The Morgan fingerprint density at radius 3 is 2.67 bits per heavy atom. The number of hydrogen-bond acceptors (Lipinski definition) is 5. The molecule has 4 nitrogen and oxygen atoms in total. The van der Waals surface area contributed by atoms with E-state index in [4.69, 9.17) is 0 Å². The molecule has 0 aliphatic rings. The average Bonchev–Trinajstić information content (AvgIpc) is 2.87. The number of thiazole rings is 1. The molecule has 1 N–H and O–H groups in total. The summed E-state index contributed by atoms with van der Waals surface area (Å²) < 4.78 is 0. The maximum absolute atomic E-state index is 9.50. The van der Waals surface area contributed by atoms with Crippen LogP contribution in [0.25, 0.3) is 0 Å². The maximum Gasteiger partial charge on any atom is 0.185 e. The van der Waals surface area contributed by atoms with Gasteiger partial charge in [-0.2, -0.15) is 0 Å². The van der Waals surface area contributed by atoms with Gasteiger partial charge in [-0.1, -0.05) is 0 Å². The van der Waals surface area contributed by atoms with Gasteiger partial charge in [0.25, 0.3) is 0 Å². The lowest BCUT2D eigenvalue weighted by molar-refractivity contribution is 0.195. The summed E-state index contributed by atoms with van der Waals surface area (Å²) in [6, 6.07) is 4.01. The Balaban J connectivity index is 2.13. The lowest BCUT2D eigenvalue weighted by Crippen LogP contribution is -2.21. The van der Waals surface area contributed by atoms with Crippen LogP contribution in [0.4, 0.5) is 5.13 Å². The van der Waals surface area contributed by atoms with Crippen LogP contribution in [-0.2, 0) is 6.54 Å². The highest BCUT2D eigenvalue weighted by Gasteiger charge is 2.12. The fraction of sp³-hybridized carbons (Fsp3) is 0.385. The molecule has 0 aliphatic carbocycles. The Labute approximate surface area is 111 Å². The first-order valence-corrected chi connectivity index (χ1v) is 6.86. The van der Waals surface area contributed by atoms with Gasteiger partial charge in [0.05, 0.1) is 11.8 Å². The van der Waals surface area contributed by atoms with Crippen molar-refractivity contribution in [3.63, 3.8) is 0 Å². The normalized spacial score (nSPS) is 12.4. The van der Waals surface area contributed by atoms with Crippen LogP contribution in [0.5, 0.6) is 0 Å². The molecule has 0 amide bonds. The van der Waals surface area contributed by atoms with Crippen molar-refractivity contribution >= 4 is 16.5 Å². The van der Waals surface area contributed by atoms with E-state index in [-0.39, 0.29) is 0 Å². The summed E-state index contributed by atoms with van der Waals surface area (Å²) in [5.74, 6) is 0. The molecule has 5 heteroatoms. The molecule has 18 heavy (non-hydrogen) atoms. The number of aromatic nitrogens is 2. The van der Waals surface area contributed by atoms with Crippen LogP contribution in [-0.4, -0.2) is 21.6 Å². The quantitative estimate of drug-likeness (QED) is 0.901. The molecular weight excluding hydrogens is 246 g/mol. The van der Waals surface area contributed by atoms with Crippen molar-refractivity contribution in [2.24, 2.45) is 0 Å². The van der Waals surface area contributed by atoms with Crippen molar-refractivity contribution in [2.45, 2.75) is 26.5 Å². The van der Waals surface area contributed by atoms with Crippen LogP contribution in [0.1, 0.15) is 31.2 Å². The van der Waals surface area contributed by atoms with Gasteiger partial charge in [-0.3, -0.25) is 4.98 Å². The van der Waals surface area contributed by atoms with Crippen LogP contribution in [0.15, 0.2) is 29.9 Å². The summed E-state index contributed by atoms with van der Waals surface area (Å²) in [7, 11) is 0. The first-order valence-electron chi connectivity index (χ1n) is 5.98. The molecule has 0 bridgehead atoms. The highest BCUT2D eigenvalue weighted by molar-refractivity contribution is 7.13. The summed E-state index contributed by atoms with van der Waals surface area (Å²) in [6.45, 7) is 5.53. The predicted molar refractivity (Wildman–Crippen MR) is 73.7 cm³/mol. The fourth-order valence-electron chi connectivity index (χ4n) is 1.64. The molecule has 0 fully saturated rings. The van der Waals surface area contributed by atoms with Crippen molar-refractivity contribution in [1.82, 2.24) is 9.97 Å². The van der Waals surface area contributed by atoms with E-state index in [2.05, 4.69) is 21.8 Å². The predicted octanol–water partition coefficient (Wildman–Crippen LogP) is 2.62. The Hall–Kier alpha value is -1.46. The second-order valence-corrected chi connectivity index (χ2v) is 4.94. The van der Waals surface area contributed by atoms with E-state index in [0.29, 0.717) is 0 Å². The molecule has 1 atom stereocenters. The molecule has 96 valence electrons. The second kappa shape index (κ2) is 5.93. The van der Waals surface area contributed by atoms with Crippen LogP contribution >= 0.6 is 11.3 Å². The summed E-state index contributed by atoms with van der Waals surface area (Å²) in [5.41, 5.74) is 1.95. The monoisotopic (exact) mass is 263 g/mol. The van der Waals surface area contributed by atoms with Crippen LogP contribution in [0.2, 0.25) is 0 Å². The number of aliphatic hydroxyl groups is 1. The minimum absolute atomic E-state index is 0.505. The highest BCUT2D eigenvalue weighted by atomic mass is 32.1. The van der Waals surface area contributed by atoms with E-state index in [1.54, 1.807) is 30.7 Å². The van der Waals surface area contributed by atoms with Crippen molar-refractivity contribution < 1.29 is 5.11 Å². The third kappa shape index (κ3) is 3.05. The smallest absolute Gasteiger partial charge is 0.185 e. The van der Waals surface area contributed by atoms with E-state index in [9.17, 15) is 5.11 Å². The zero-order chi connectivity index (χ0) is 13.0. The second-order valence-electron chi connectivity index (χ2n) is 4.10. The molecule has 1 unspecified atom stereocenters. The van der Waals surface area contributed by atoms with E-state index < -0.39 is 6.10 Å². The van der Waals surface area contributed by atoms with Crippen LogP contribution in [0.3, 0.4) is 0 Å². The minimum atomic E-state index is -0.505. The molecule has 2 aromatic rings. The molecule has 0 aliphatic heterocycles.